The summed E-state index contributed by atoms with van der Waals surface area (Å²) in [5.41, 5.74) is 6.44. The molecule has 0 rings (SSSR count). The average Bonchev–Trinajstić information content (AvgIpc) is 2.15. The zero-order valence-electron chi connectivity index (χ0n) is 9.02. The monoisotopic (exact) mass is 197 g/mol. The number of hydrogen-bond donors (Lipinski definition) is 4. The van der Waals surface area contributed by atoms with Crippen LogP contribution < -0.4 is 16.4 Å². The van der Waals surface area contributed by atoms with Crippen LogP contribution in [0.2, 0.25) is 0 Å². The predicted octanol–water partition coefficient (Wildman–Crippen LogP) is 0.401. The van der Waals surface area contributed by atoms with Gasteiger partial charge < -0.3 is 16.4 Å². The number of nitrogens with two attached hydrogens (primary N) is 1. The lowest BCUT2D eigenvalue weighted by molar-refractivity contribution is 0.945. The summed E-state index contributed by atoms with van der Waals surface area (Å²) in [5, 5.41) is 12.8. The molecule has 0 aliphatic heterocycles. The van der Waals surface area contributed by atoms with Gasteiger partial charge in [-0.25, -0.2) is 0 Å². The van der Waals surface area contributed by atoms with Gasteiger partial charge in [0.25, 0.3) is 0 Å². The molecule has 0 bridgehead atoms. The molecular weight excluding hydrogens is 178 g/mol. The smallest absolute Gasteiger partial charge is 0.191 e. The molecule has 0 heterocycles. The summed E-state index contributed by atoms with van der Waals surface area (Å²) >= 11 is 0. The van der Waals surface area contributed by atoms with Gasteiger partial charge in [0.15, 0.2) is 5.96 Å². The average molecular weight is 197 g/mol. The van der Waals surface area contributed by atoms with Gasteiger partial charge in [-0.2, -0.15) is 0 Å². The number of rotatable bonds is 4. The molecule has 0 aromatic heterocycles. The van der Waals surface area contributed by atoms with E-state index in [-0.39, 0.29) is 5.96 Å². The second-order valence-corrected chi connectivity index (χ2v) is 2.93. The fourth-order valence-electron chi connectivity index (χ4n) is 0.759. The van der Waals surface area contributed by atoms with Gasteiger partial charge >= 0.3 is 0 Å². The lowest BCUT2D eigenvalue weighted by Gasteiger charge is -2.07. The van der Waals surface area contributed by atoms with Crippen molar-refractivity contribution >= 4 is 11.8 Å². The second-order valence-electron chi connectivity index (χ2n) is 2.93. The predicted molar refractivity (Wildman–Crippen MR) is 60.5 cm³/mol. The molecule has 0 aromatic rings. The second kappa shape index (κ2) is 6.94. The van der Waals surface area contributed by atoms with Gasteiger partial charge in [0.1, 0.15) is 5.84 Å². The Morgan fingerprint density at radius 3 is 2.64 bits per heavy atom. The molecule has 0 saturated heterocycles. The molecule has 0 aromatic carbocycles. The van der Waals surface area contributed by atoms with Gasteiger partial charge in [0.05, 0.1) is 6.54 Å². The highest BCUT2D eigenvalue weighted by Crippen LogP contribution is 1.93. The van der Waals surface area contributed by atoms with E-state index in [0.29, 0.717) is 12.4 Å². The highest BCUT2D eigenvalue weighted by molar-refractivity contribution is 5.98. The minimum atomic E-state index is -0.0939. The molecule has 14 heavy (non-hydrogen) atoms. The van der Waals surface area contributed by atoms with Crippen molar-refractivity contribution in [2.75, 3.05) is 13.6 Å². The molecular formula is C9H19N5. The van der Waals surface area contributed by atoms with Crippen molar-refractivity contribution in [2.24, 2.45) is 10.7 Å². The van der Waals surface area contributed by atoms with Gasteiger partial charge in [0, 0.05) is 7.05 Å². The Labute approximate surface area is 85.0 Å². The number of hydrogen-bond acceptors (Lipinski definition) is 3. The van der Waals surface area contributed by atoms with Crippen molar-refractivity contribution in [1.29, 1.82) is 5.41 Å². The van der Waals surface area contributed by atoms with E-state index in [1.807, 2.05) is 13.1 Å². The molecule has 5 N–H and O–H groups in total. The molecule has 0 aliphatic carbocycles. The summed E-state index contributed by atoms with van der Waals surface area (Å²) in [4.78, 5) is 3.94. The summed E-state index contributed by atoms with van der Waals surface area (Å²) in [6.45, 7) is 4.69. The number of allylic oxidation sites excluding steroid dienone is 1. The standard InChI is InChI=1S/C9H19N5/c1-4-7(2)5-13-6-8(12-3)14-9(10)11/h5,13H,4,6H2,1-3H3,(H4,10,11,12,14)/b7-5+. The molecule has 0 saturated carbocycles. The first-order valence-electron chi connectivity index (χ1n) is 4.55. The number of nitrogens with one attached hydrogen (secondary N) is 3. The van der Waals surface area contributed by atoms with Crippen LogP contribution in [0.3, 0.4) is 0 Å². The molecule has 0 atom stereocenters. The molecule has 0 amide bonds. The van der Waals surface area contributed by atoms with Crippen molar-refractivity contribution in [3.63, 3.8) is 0 Å². The maximum Gasteiger partial charge on any atom is 0.191 e. The third kappa shape index (κ3) is 6.05. The minimum Gasteiger partial charge on any atom is -0.384 e. The molecule has 80 valence electrons. The first-order chi connectivity index (χ1) is 6.60. The summed E-state index contributed by atoms with van der Waals surface area (Å²) in [6, 6.07) is 0. The molecule has 5 heteroatoms. The fourth-order valence-corrected chi connectivity index (χ4v) is 0.759. The normalized spacial score (nSPS) is 12.5. The van der Waals surface area contributed by atoms with Gasteiger partial charge in [-0.15, -0.1) is 0 Å². The van der Waals surface area contributed by atoms with E-state index < -0.39 is 0 Å². The molecule has 5 nitrogen and oxygen atoms in total. The number of nitrogens with zero attached hydrogens (tertiary/aromatic N) is 1. The molecule has 0 spiro atoms. The van der Waals surface area contributed by atoms with Crippen LogP contribution in [0, 0.1) is 5.41 Å². The number of aliphatic imine (C=N–C) groups is 1. The Bertz CT molecular complexity index is 242. The lowest BCUT2D eigenvalue weighted by Crippen LogP contribution is -2.40. The maximum atomic E-state index is 7.03. The van der Waals surface area contributed by atoms with Crippen LogP contribution in [-0.4, -0.2) is 25.4 Å². The van der Waals surface area contributed by atoms with E-state index in [9.17, 15) is 0 Å². The lowest BCUT2D eigenvalue weighted by atomic mass is 10.2. The Balaban J connectivity index is 3.92. The zero-order chi connectivity index (χ0) is 11.0. The summed E-state index contributed by atoms with van der Waals surface area (Å²) in [5.74, 6) is 0.557. The van der Waals surface area contributed by atoms with Crippen LogP contribution in [0.5, 0.6) is 0 Å². The van der Waals surface area contributed by atoms with Crippen LogP contribution in [-0.2, 0) is 0 Å². The highest BCUT2D eigenvalue weighted by Gasteiger charge is 1.96. The summed E-state index contributed by atoms with van der Waals surface area (Å²) in [7, 11) is 1.66. The fraction of sp³-hybridized carbons (Fsp3) is 0.556. The third-order valence-corrected chi connectivity index (χ3v) is 1.72. The van der Waals surface area contributed by atoms with Crippen molar-refractivity contribution < 1.29 is 0 Å². The van der Waals surface area contributed by atoms with Crippen LogP contribution >= 0.6 is 0 Å². The van der Waals surface area contributed by atoms with E-state index in [0.717, 1.165) is 6.42 Å². The van der Waals surface area contributed by atoms with Crippen molar-refractivity contribution in [3.05, 3.63) is 11.8 Å². The van der Waals surface area contributed by atoms with Crippen molar-refractivity contribution in [2.45, 2.75) is 20.3 Å². The molecule has 0 fully saturated rings. The quantitative estimate of drug-likeness (QED) is 0.389. The van der Waals surface area contributed by atoms with Crippen LogP contribution in [0.4, 0.5) is 0 Å². The molecule has 0 unspecified atom stereocenters. The largest absolute Gasteiger partial charge is 0.384 e. The minimum absolute atomic E-state index is 0.0939. The van der Waals surface area contributed by atoms with Crippen molar-refractivity contribution in [3.8, 4) is 0 Å². The first-order valence-corrected chi connectivity index (χ1v) is 4.55. The van der Waals surface area contributed by atoms with E-state index in [2.05, 4.69) is 22.5 Å². The van der Waals surface area contributed by atoms with Gasteiger partial charge in [-0.1, -0.05) is 12.5 Å². The SMILES string of the molecule is CC/C(C)=C/NC/C(=N\C)NC(=N)N. The first kappa shape index (κ1) is 12.5. The molecule has 0 radical (unpaired) electrons. The van der Waals surface area contributed by atoms with Crippen LogP contribution in [0.25, 0.3) is 0 Å². The van der Waals surface area contributed by atoms with Gasteiger partial charge in [-0.3, -0.25) is 10.4 Å². The van der Waals surface area contributed by atoms with Crippen LogP contribution in [0.1, 0.15) is 20.3 Å². The van der Waals surface area contributed by atoms with Crippen molar-refractivity contribution in [1.82, 2.24) is 10.6 Å². The van der Waals surface area contributed by atoms with E-state index >= 15 is 0 Å². The highest BCUT2D eigenvalue weighted by atomic mass is 15.1. The topological polar surface area (TPSA) is 86.3 Å². The number of guanidine groups is 1. The third-order valence-electron chi connectivity index (χ3n) is 1.72. The summed E-state index contributed by atoms with van der Waals surface area (Å²) < 4.78 is 0. The maximum absolute atomic E-state index is 7.03. The Morgan fingerprint density at radius 2 is 2.21 bits per heavy atom. The van der Waals surface area contributed by atoms with Gasteiger partial charge in [-0.05, 0) is 19.5 Å². The van der Waals surface area contributed by atoms with E-state index in [4.69, 9.17) is 11.1 Å². The zero-order valence-corrected chi connectivity index (χ0v) is 9.02. The summed E-state index contributed by atoms with van der Waals surface area (Å²) in [6.07, 6.45) is 2.96. The Kier molecular flexibility index (Phi) is 6.19. The van der Waals surface area contributed by atoms with Gasteiger partial charge in [0.2, 0.25) is 0 Å². The molecule has 0 aliphatic rings. The Morgan fingerprint density at radius 1 is 1.57 bits per heavy atom. The van der Waals surface area contributed by atoms with E-state index in [1.54, 1.807) is 7.05 Å². The number of amidine groups is 1. The van der Waals surface area contributed by atoms with E-state index in [1.165, 1.54) is 5.57 Å². The van der Waals surface area contributed by atoms with Crippen LogP contribution in [0.15, 0.2) is 16.8 Å². The Hall–Kier alpha value is -1.52.